The molecular formula is C26H21FN2O2. The lowest BCUT2D eigenvalue weighted by Gasteiger charge is -2.43. The molecule has 4 nitrogen and oxygen atoms in total. The van der Waals surface area contributed by atoms with Crippen LogP contribution in [0.5, 0.6) is 0 Å². The molecule has 1 aliphatic carbocycles. The molecule has 1 N–H and O–H groups in total. The van der Waals surface area contributed by atoms with Gasteiger partial charge < -0.3 is 5.32 Å². The third kappa shape index (κ3) is 2.07. The third-order valence-electron chi connectivity index (χ3n) is 7.57. The summed E-state index contributed by atoms with van der Waals surface area (Å²) < 4.78 is 13.7. The summed E-state index contributed by atoms with van der Waals surface area (Å²) in [5, 5.41) is 3.05. The monoisotopic (exact) mass is 412 g/mol. The van der Waals surface area contributed by atoms with Crippen molar-refractivity contribution in [2.75, 3.05) is 18.9 Å². The van der Waals surface area contributed by atoms with Crippen molar-refractivity contribution in [3.05, 3.63) is 101 Å². The number of fused-ring (bicyclic) bond motifs is 4. The number of carbonyl (C=O) groups excluding carboxylic acids is 2. The van der Waals surface area contributed by atoms with E-state index in [0.29, 0.717) is 18.5 Å². The van der Waals surface area contributed by atoms with Gasteiger partial charge in [0.1, 0.15) is 11.4 Å². The summed E-state index contributed by atoms with van der Waals surface area (Å²) >= 11 is 0. The summed E-state index contributed by atoms with van der Waals surface area (Å²) in [5.41, 5.74) is 1.98. The Labute approximate surface area is 179 Å². The van der Waals surface area contributed by atoms with Crippen LogP contribution in [0.2, 0.25) is 0 Å². The number of amides is 1. The van der Waals surface area contributed by atoms with E-state index >= 15 is 0 Å². The summed E-state index contributed by atoms with van der Waals surface area (Å²) in [6, 6.07) is 21.7. The molecule has 2 heterocycles. The number of likely N-dealkylation sites (tertiary alicyclic amines) is 1. The zero-order chi connectivity index (χ0) is 21.4. The standard InChI is InChI=1S/C26H21FN2O2/c1-29-15-21(16-10-12-18(27)13-11-16)25(14-17-6-2-3-7-19(17)23(25)30)26(29)20-8-4-5-9-22(20)28-24(26)31/h2-13,21H,14-15H2,1H3,(H,28,31)/t21-,25+,26+/m0/s1. The van der Waals surface area contributed by atoms with E-state index in [-0.39, 0.29) is 23.4 Å². The molecule has 0 bridgehead atoms. The average Bonchev–Trinajstić information content (AvgIpc) is 3.34. The lowest BCUT2D eigenvalue weighted by molar-refractivity contribution is -0.130. The van der Waals surface area contributed by atoms with E-state index in [1.807, 2.05) is 60.5 Å². The molecule has 154 valence electrons. The van der Waals surface area contributed by atoms with Gasteiger partial charge in [0.05, 0.1) is 5.41 Å². The molecule has 31 heavy (non-hydrogen) atoms. The molecule has 3 aromatic carbocycles. The van der Waals surface area contributed by atoms with Crippen molar-refractivity contribution in [1.82, 2.24) is 4.90 Å². The SMILES string of the molecule is CN1C[C@@H](c2ccc(F)cc2)[C@@]2(Cc3ccccc3C2=O)[C@@]12C(=O)Nc1ccccc12. The van der Waals surface area contributed by atoms with Gasteiger partial charge in [-0.3, -0.25) is 14.5 Å². The van der Waals surface area contributed by atoms with Gasteiger partial charge in [0.15, 0.2) is 5.78 Å². The molecule has 6 rings (SSSR count). The highest BCUT2D eigenvalue weighted by atomic mass is 19.1. The van der Waals surface area contributed by atoms with E-state index in [2.05, 4.69) is 5.32 Å². The number of nitrogens with zero attached hydrogens (tertiary/aromatic N) is 1. The Balaban J connectivity index is 1.67. The van der Waals surface area contributed by atoms with Crippen molar-refractivity contribution in [3.63, 3.8) is 0 Å². The molecule has 3 atom stereocenters. The maximum atomic E-state index is 14.3. The number of anilines is 1. The van der Waals surface area contributed by atoms with Crippen LogP contribution in [0.3, 0.4) is 0 Å². The Morgan fingerprint density at radius 3 is 2.45 bits per heavy atom. The third-order valence-corrected chi connectivity index (χ3v) is 7.57. The smallest absolute Gasteiger partial charge is 0.250 e. The van der Waals surface area contributed by atoms with Gasteiger partial charge in [-0.05, 0) is 42.8 Å². The zero-order valence-corrected chi connectivity index (χ0v) is 17.1. The van der Waals surface area contributed by atoms with Crippen LogP contribution in [-0.4, -0.2) is 30.2 Å². The van der Waals surface area contributed by atoms with Crippen LogP contribution >= 0.6 is 0 Å². The van der Waals surface area contributed by atoms with Crippen LogP contribution < -0.4 is 5.32 Å². The number of carbonyl (C=O) groups is 2. The highest BCUT2D eigenvalue weighted by molar-refractivity contribution is 6.16. The second-order valence-electron chi connectivity index (χ2n) is 8.83. The minimum absolute atomic E-state index is 0.00590. The molecule has 0 radical (unpaired) electrons. The van der Waals surface area contributed by atoms with Crippen LogP contribution in [0.4, 0.5) is 10.1 Å². The van der Waals surface area contributed by atoms with Gasteiger partial charge in [-0.15, -0.1) is 0 Å². The molecule has 3 aromatic rings. The Morgan fingerprint density at radius 1 is 0.968 bits per heavy atom. The summed E-state index contributed by atoms with van der Waals surface area (Å²) in [5.74, 6) is -0.741. The number of hydrogen-bond donors (Lipinski definition) is 1. The molecular weight excluding hydrogens is 391 g/mol. The molecule has 5 heteroatoms. The second kappa shape index (κ2) is 6.11. The minimum atomic E-state index is -1.13. The number of Topliss-reactive ketones (excluding diaryl/α,β-unsaturated/α-hetero) is 1. The quantitative estimate of drug-likeness (QED) is 0.654. The maximum absolute atomic E-state index is 14.3. The number of ketones is 1. The predicted octanol–water partition coefficient (Wildman–Crippen LogP) is 4.13. The van der Waals surface area contributed by atoms with Gasteiger partial charge in [0.25, 0.3) is 5.91 Å². The van der Waals surface area contributed by atoms with Gasteiger partial charge >= 0.3 is 0 Å². The fourth-order valence-electron chi connectivity index (χ4n) is 6.40. The number of nitrogens with one attached hydrogen (secondary N) is 1. The van der Waals surface area contributed by atoms with E-state index in [4.69, 9.17) is 0 Å². The van der Waals surface area contributed by atoms with Crippen LogP contribution in [0, 0.1) is 11.2 Å². The largest absolute Gasteiger partial charge is 0.324 e. The van der Waals surface area contributed by atoms with E-state index in [9.17, 15) is 14.0 Å². The second-order valence-corrected chi connectivity index (χ2v) is 8.83. The van der Waals surface area contributed by atoms with Crippen molar-refractivity contribution in [1.29, 1.82) is 0 Å². The number of hydrogen-bond acceptors (Lipinski definition) is 3. The van der Waals surface area contributed by atoms with Crippen molar-refractivity contribution >= 4 is 17.4 Å². The molecule has 1 saturated heterocycles. The van der Waals surface area contributed by atoms with E-state index in [0.717, 1.165) is 22.4 Å². The van der Waals surface area contributed by atoms with Crippen molar-refractivity contribution in [3.8, 4) is 0 Å². The number of halogens is 1. The van der Waals surface area contributed by atoms with E-state index in [1.54, 1.807) is 12.1 Å². The first kappa shape index (κ1) is 18.5. The van der Waals surface area contributed by atoms with Gasteiger partial charge in [0.2, 0.25) is 0 Å². The normalized spacial score (nSPS) is 28.9. The molecule has 1 amide bonds. The van der Waals surface area contributed by atoms with Crippen molar-refractivity contribution < 1.29 is 14.0 Å². The highest BCUT2D eigenvalue weighted by Crippen LogP contribution is 2.66. The Bertz CT molecular complexity index is 1250. The summed E-state index contributed by atoms with van der Waals surface area (Å²) in [7, 11) is 1.92. The molecule has 1 fully saturated rings. The number of likely N-dealkylation sites (N-methyl/N-ethyl adjacent to an activating group) is 1. The van der Waals surface area contributed by atoms with Crippen LogP contribution in [-0.2, 0) is 16.8 Å². The maximum Gasteiger partial charge on any atom is 0.250 e. The van der Waals surface area contributed by atoms with Crippen LogP contribution in [0.1, 0.15) is 33.0 Å². The molecule has 0 unspecified atom stereocenters. The first-order valence-corrected chi connectivity index (χ1v) is 10.5. The van der Waals surface area contributed by atoms with Crippen molar-refractivity contribution in [2.45, 2.75) is 17.9 Å². The predicted molar refractivity (Wildman–Crippen MR) is 115 cm³/mol. The first-order valence-electron chi connectivity index (χ1n) is 10.5. The summed E-state index contributed by atoms with van der Waals surface area (Å²) in [6.07, 6.45) is 0.468. The van der Waals surface area contributed by atoms with Crippen molar-refractivity contribution in [2.24, 2.45) is 5.41 Å². The summed E-state index contributed by atoms with van der Waals surface area (Å²) in [6.45, 7) is 0.521. The topological polar surface area (TPSA) is 49.4 Å². The van der Waals surface area contributed by atoms with E-state index in [1.165, 1.54) is 12.1 Å². The number of benzene rings is 3. The minimum Gasteiger partial charge on any atom is -0.324 e. The number of rotatable bonds is 1. The molecule has 2 aliphatic heterocycles. The van der Waals surface area contributed by atoms with Gasteiger partial charge in [0, 0.05) is 29.3 Å². The van der Waals surface area contributed by atoms with Gasteiger partial charge in [-0.2, -0.15) is 0 Å². The lowest BCUT2D eigenvalue weighted by atomic mass is 9.59. The van der Waals surface area contributed by atoms with Gasteiger partial charge in [-0.25, -0.2) is 4.39 Å². The van der Waals surface area contributed by atoms with Gasteiger partial charge in [-0.1, -0.05) is 54.6 Å². The molecule has 2 spiro atoms. The lowest BCUT2D eigenvalue weighted by Crippen LogP contribution is -2.58. The zero-order valence-electron chi connectivity index (χ0n) is 17.1. The summed E-state index contributed by atoms with van der Waals surface area (Å²) in [4.78, 5) is 30.1. The fraction of sp³-hybridized carbons (Fsp3) is 0.231. The Morgan fingerprint density at radius 2 is 1.68 bits per heavy atom. The fourth-order valence-corrected chi connectivity index (χ4v) is 6.40. The van der Waals surface area contributed by atoms with Crippen LogP contribution in [0.25, 0.3) is 0 Å². The molecule has 0 saturated carbocycles. The van der Waals surface area contributed by atoms with Crippen LogP contribution in [0.15, 0.2) is 72.8 Å². The first-order chi connectivity index (χ1) is 15.0. The average molecular weight is 412 g/mol. The highest BCUT2D eigenvalue weighted by Gasteiger charge is 2.74. The Hall–Kier alpha value is -3.31. The number of para-hydroxylation sites is 1. The Kier molecular flexibility index (Phi) is 3.64. The van der Waals surface area contributed by atoms with E-state index < -0.39 is 11.0 Å². The molecule has 3 aliphatic rings. The molecule has 0 aromatic heterocycles.